The zero-order valence-electron chi connectivity index (χ0n) is 10.8. The highest BCUT2D eigenvalue weighted by atomic mass is 32.2. The van der Waals surface area contributed by atoms with E-state index in [1.165, 1.54) is 18.2 Å². The third-order valence-electron chi connectivity index (χ3n) is 2.95. The topological polar surface area (TPSA) is 40.9 Å². The van der Waals surface area contributed by atoms with Crippen LogP contribution in [0.5, 0.6) is 0 Å². The Morgan fingerprint density at radius 1 is 1.25 bits per heavy atom. The molecule has 2 aromatic carbocycles. The Labute approximate surface area is 121 Å². The largest absolute Gasteiger partial charge is 0.292 e. The van der Waals surface area contributed by atoms with Gasteiger partial charge in [-0.25, -0.2) is 4.39 Å². The number of benzene rings is 2. The monoisotopic (exact) mass is 285 g/mol. The Bertz CT molecular complexity index is 661. The highest BCUT2D eigenvalue weighted by Crippen LogP contribution is 2.23. The van der Waals surface area contributed by atoms with E-state index in [2.05, 4.69) is 0 Å². The molecule has 1 atom stereocenters. The number of thioether (sulfide) groups is 1. The first-order valence-electron chi connectivity index (χ1n) is 5.99. The maximum Gasteiger partial charge on any atom is 0.184 e. The molecule has 0 amide bonds. The van der Waals surface area contributed by atoms with Crippen molar-refractivity contribution in [3.63, 3.8) is 0 Å². The Hall–Kier alpha value is -2.12. The lowest BCUT2D eigenvalue weighted by atomic mass is 9.92. The second kappa shape index (κ2) is 6.36. The van der Waals surface area contributed by atoms with Crippen LogP contribution in [0.3, 0.4) is 0 Å². The molecule has 0 spiro atoms. The van der Waals surface area contributed by atoms with Gasteiger partial charge < -0.3 is 0 Å². The Balaban J connectivity index is 2.31. The molecule has 0 saturated carbocycles. The van der Waals surface area contributed by atoms with Gasteiger partial charge in [0.25, 0.3) is 0 Å². The van der Waals surface area contributed by atoms with Crippen molar-refractivity contribution < 1.29 is 9.18 Å². The fourth-order valence-electron chi connectivity index (χ4n) is 1.89. The molecule has 0 N–H and O–H groups in total. The van der Waals surface area contributed by atoms with E-state index in [0.29, 0.717) is 11.1 Å². The predicted molar refractivity (Wildman–Crippen MR) is 77.3 cm³/mol. The fourth-order valence-corrected chi connectivity index (χ4v) is 2.30. The van der Waals surface area contributed by atoms with Gasteiger partial charge in [0.15, 0.2) is 5.78 Å². The van der Waals surface area contributed by atoms with Gasteiger partial charge in [-0.15, -0.1) is 11.8 Å². The third-order valence-corrected chi connectivity index (χ3v) is 3.69. The van der Waals surface area contributed by atoms with Crippen LogP contribution < -0.4 is 0 Å². The van der Waals surface area contributed by atoms with E-state index in [9.17, 15) is 14.4 Å². The molecule has 2 nitrogen and oxygen atoms in total. The van der Waals surface area contributed by atoms with Crippen molar-refractivity contribution in [3.8, 4) is 6.07 Å². The van der Waals surface area contributed by atoms with Crippen LogP contribution in [0.1, 0.15) is 21.8 Å². The molecule has 2 rings (SSSR count). The molecule has 0 fully saturated rings. The van der Waals surface area contributed by atoms with Crippen molar-refractivity contribution in [2.24, 2.45) is 0 Å². The van der Waals surface area contributed by atoms with Gasteiger partial charge in [-0.1, -0.05) is 24.3 Å². The standard InChI is InChI=1S/C16H12FNOS/c1-20-14-7-5-11(6-8-14)16(19)15(10-18)12-3-2-4-13(17)9-12/h2-9,15H,1H3. The second-order valence-corrected chi connectivity index (χ2v) is 5.09. The second-order valence-electron chi connectivity index (χ2n) is 4.21. The molecule has 2 aromatic rings. The highest BCUT2D eigenvalue weighted by molar-refractivity contribution is 7.98. The number of hydrogen-bond donors (Lipinski definition) is 0. The Kier molecular flexibility index (Phi) is 4.54. The maximum absolute atomic E-state index is 13.2. The fraction of sp³-hybridized carbons (Fsp3) is 0.125. The lowest BCUT2D eigenvalue weighted by molar-refractivity contribution is 0.0979. The van der Waals surface area contributed by atoms with Gasteiger partial charge in [0.2, 0.25) is 0 Å². The van der Waals surface area contributed by atoms with Crippen molar-refractivity contribution in [3.05, 3.63) is 65.5 Å². The SMILES string of the molecule is CSc1ccc(C(=O)C(C#N)c2cccc(F)c2)cc1. The van der Waals surface area contributed by atoms with Gasteiger partial charge in [0.1, 0.15) is 11.7 Å². The van der Waals surface area contributed by atoms with Gasteiger partial charge in [-0.3, -0.25) is 4.79 Å². The van der Waals surface area contributed by atoms with E-state index >= 15 is 0 Å². The molecule has 100 valence electrons. The van der Waals surface area contributed by atoms with Crippen LogP contribution in [0.2, 0.25) is 0 Å². The van der Waals surface area contributed by atoms with Crippen LogP contribution in [0.15, 0.2) is 53.4 Å². The number of hydrogen-bond acceptors (Lipinski definition) is 3. The van der Waals surface area contributed by atoms with Crippen molar-refractivity contribution in [1.29, 1.82) is 5.26 Å². The first-order valence-corrected chi connectivity index (χ1v) is 7.21. The molecule has 0 aromatic heterocycles. The predicted octanol–water partition coefficient (Wildman–Crippen LogP) is 4.04. The van der Waals surface area contributed by atoms with Gasteiger partial charge in [0, 0.05) is 10.5 Å². The molecular formula is C16H12FNOS. The number of carbonyl (C=O) groups is 1. The summed E-state index contributed by atoms with van der Waals surface area (Å²) >= 11 is 1.58. The highest BCUT2D eigenvalue weighted by Gasteiger charge is 2.22. The summed E-state index contributed by atoms with van der Waals surface area (Å²) in [5.74, 6) is -1.75. The van der Waals surface area contributed by atoms with E-state index in [4.69, 9.17) is 0 Å². The van der Waals surface area contributed by atoms with Crippen molar-refractivity contribution in [2.75, 3.05) is 6.26 Å². The molecule has 0 aliphatic heterocycles. The van der Waals surface area contributed by atoms with E-state index in [-0.39, 0.29) is 5.78 Å². The normalized spacial score (nSPS) is 11.7. The molecule has 0 heterocycles. The summed E-state index contributed by atoms with van der Waals surface area (Å²) < 4.78 is 13.2. The number of halogens is 1. The summed E-state index contributed by atoms with van der Waals surface area (Å²) in [6.45, 7) is 0. The zero-order valence-corrected chi connectivity index (χ0v) is 11.7. The quantitative estimate of drug-likeness (QED) is 0.629. The summed E-state index contributed by atoms with van der Waals surface area (Å²) in [4.78, 5) is 13.4. The molecule has 0 aliphatic carbocycles. The van der Waals surface area contributed by atoms with Crippen molar-refractivity contribution in [1.82, 2.24) is 0 Å². The number of nitriles is 1. The van der Waals surface area contributed by atoms with Crippen LogP contribution >= 0.6 is 11.8 Å². The number of ketones is 1. The summed E-state index contributed by atoms with van der Waals surface area (Å²) in [5, 5.41) is 9.21. The molecule has 0 radical (unpaired) electrons. The van der Waals surface area contributed by atoms with E-state index in [1.54, 1.807) is 30.0 Å². The molecule has 0 aliphatic rings. The van der Waals surface area contributed by atoms with Crippen LogP contribution in [-0.4, -0.2) is 12.0 Å². The van der Waals surface area contributed by atoms with Gasteiger partial charge in [0.05, 0.1) is 6.07 Å². The third kappa shape index (κ3) is 3.06. The zero-order chi connectivity index (χ0) is 14.5. The summed E-state index contributed by atoms with van der Waals surface area (Å²) in [5.41, 5.74) is 0.838. The number of Topliss-reactive ketones (excluding diaryl/α,β-unsaturated/α-hetero) is 1. The maximum atomic E-state index is 13.2. The van der Waals surface area contributed by atoms with Crippen LogP contribution in [-0.2, 0) is 0 Å². The lowest BCUT2D eigenvalue weighted by Gasteiger charge is -2.09. The van der Waals surface area contributed by atoms with Crippen LogP contribution in [0.4, 0.5) is 4.39 Å². The molecule has 4 heteroatoms. The summed E-state index contributed by atoms with van der Waals surface area (Å²) in [6, 6.07) is 14.6. The first-order chi connectivity index (χ1) is 9.65. The number of nitrogens with zero attached hydrogens (tertiary/aromatic N) is 1. The number of rotatable bonds is 4. The van der Waals surface area contributed by atoms with Gasteiger partial charge in [-0.2, -0.15) is 5.26 Å². The van der Waals surface area contributed by atoms with E-state index in [0.717, 1.165) is 4.90 Å². The van der Waals surface area contributed by atoms with E-state index in [1.807, 2.05) is 24.5 Å². The molecule has 0 saturated heterocycles. The average molecular weight is 285 g/mol. The smallest absolute Gasteiger partial charge is 0.184 e. The Morgan fingerprint density at radius 2 is 1.95 bits per heavy atom. The lowest BCUT2D eigenvalue weighted by Crippen LogP contribution is -2.11. The van der Waals surface area contributed by atoms with Crippen molar-refractivity contribution in [2.45, 2.75) is 10.8 Å². The molecular weight excluding hydrogens is 273 g/mol. The minimum absolute atomic E-state index is 0.314. The number of carbonyl (C=O) groups excluding carboxylic acids is 1. The van der Waals surface area contributed by atoms with Gasteiger partial charge >= 0.3 is 0 Å². The molecule has 0 bridgehead atoms. The van der Waals surface area contributed by atoms with E-state index < -0.39 is 11.7 Å². The van der Waals surface area contributed by atoms with Crippen LogP contribution in [0.25, 0.3) is 0 Å². The summed E-state index contributed by atoms with van der Waals surface area (Å²) in [6.07, 6.45) is 1.95. The first kappa shape index (κ1) is 14.3. The van der Waals surface area contributed by atoms with Crippen LogP contribution in [0, 0.1) is 17.1 Å². The minimum atomic E-state index is -0.981. The summed E-state index contributed by atoms with van der Waals surface area (Å²) in [7, 11) is 0. The Morgan fingerprint density at radius 3 is 2.50 bits per heavy atom. The molecule has 1 unspecified atom stereocenters. The van der Waals surface area contributed by atoms with Gasteiger partial charge in [-0.05, 0) is 36.1 Å². The minimum Gasteiger partial charge on any atom is -0.292 e. The van der Waals surface area contributed by atoms with Crippen molar-refractivity contribution >= 4 is 17.5 Å². The molecule has 20 heavy (non-hydrogen) atoms. The average Bonchev–Trinajstić information content (AvgIpc) is 2.48.